The van der Waals surface area contributed by atoms with Crippen LogP contribution in [0.1, 0.15) is 29.0 Å². The van der Waals surface area contributed by atoms with Crippen LogP contribution in [0.5, 0.6) is 0 Å². The highest BCUT2D eigenvalue weighted by Gasteiger charge is 2.28. The van der Waals surface area contributed by atoms with Crippen molar-refractivity contribution in [2.45, 2.75) is 12.3 Å². The van der Waals surface area contributed by atoms with Gasteiger partial charge in [0.05, 0.1) is 5.56 Å². The van der Waals surface area contributed by atoms with Crippen LogP contribution in [0.25, 0.3) is 11.1 Å². The van der Waals surface area contributed by atoms with Crippen molar-refractivity contribution in [3.63, 3.8) is 0 Å². The molecule has 0 bridgehead atoms. The van der Waals surface area contributed by atoms with Crippen LogP contribution < -0.4 is 5.32 Å². The number of alkyl carbamates (subject to hydrolysis) is 1. The summed E-state index contributed by atoms with van der Waals surface area (Å²) in [5, 5.41) is 2.64. The van der Waals surface area contributed by atoms with Crippen LogP contribution in [-0.4, -0.2) is 19.2 Å². The molecule has 0 unspecified atom stereocenters. The Morgan fingerprint density at radius 1 is 0.933 bits per heavy atom. The van der Waals surface area contributed by atoms with Gasteiger partial charge in [-0.05, 0) is 34.4 Å². The number of nitrogens with one attached hydrogen (secondary N) is 1. The Morgan fingerprint density at radius 3 is 2.30 bits per heavy atom. The van der Waals surface area contributed by atoms with Gasteiger partial charge < -0.3 is 10.1 Å². The average Bonchev–Trinajstić information content (AvgIpc) is 3.09. The van der Waals surface area contributed by atoms with Crippen molar-refractivity contribution >= 4 is 6.09 Å². The molecule has 1 aliphatic rings. The van der Waals surface area contributed by atoms with Crippen LogP contribution in [0.3, 0.4) is 0 Å². The largest absolute Gasteiger partial charge is 0.449 e. The molecule has 0 radical (unpaired) electrons. The normalized spacial score (nSPS) is 11.8. The number of rotatable bonds is 4. The van der Waals surface area contributed by atoms with Gasteiger partial charge in [0.1, 0.15) is 6.61 Å². The van der Waals surface area contributed by atoms with Gasteiger partial charge in [-0.3, -0.25) is 0 Å². The molecule has 3 aromatic carbocycles. The molecule has 150 valence electrons. The number of hydrogen-bond acceptors (Lipinski definition) is 2. The fraction of sp³-hybridized carbons (Fsp3) is 0.160. The third kappa shape index (κ3) is 4.04. The van der Waals surface area contributed by atoms with Crippen molar-refractivity contribution in [2.24, 2.45) is 0 Å². The molecule has 0 fully saturated rings. The van der Waals surface area contributed by atoms with Gasteiger partial charge in [0.15, 0.2) is 11.6 Å². The molecular weight excluding hydrogens is 384 g/mol. The molecule has 1 amide bonds. The van der Waals surface area contributed by atoms with Gasteiger partial charge in [-0.2, -0.15) is 0 Å². The number of amides is 1. The van der Waals surface area contributed by atoms with Crippen molar-refractivity contribution in [2.75, 3.05) is 13.2 Å². The first-order valence-electron chi connectivity index (χ1n) is 9.67. The first-order valence-corrected chi connectivity index (χ1v) is 9.67. The third-order valence-electron chi connectivity index (χ3n) is 5.04. The Kier molecular flexibility index (Phi) is 5.76. The lowest BCUT2D eigenvalue weighted by Gasteiger charge is -2.14. The number of hydrogen-bond donors (Lipinski definition) is 1. The van der Waals surface area contributed by atoms with Crippen LogP contribution in [0.2, 0.25) is 0 Å². The molecule has 5 heteroatoms. The van der Waals surface area contributed by atoms with Crippen molar-refractivity contribution in [3.8, 4) is 23.0 Å². The zero-order valence-electron chi connectivity index (χ0n) is 16.1. The van der Waals surface area contributed by atoms with E-state index in [0.717, 1.165) is 17.2 Å². The first kappa shape index (κ1) is 19.7. The third-order valence-corrected chi connectivity index (χ3v) is 5.04. The summed E-state index contributed by atoms with van der Waals surface area (Å²) in [5.41, 5.74) is 4.63. The Morgan fingerprint density at radius 2 is 1.60 bits per heavy atom. The second-order valence-corrected chi connectivity index (χ2v) is 6.91. The molecule has 0 aliphatic heterocycles. The molecule has 0 aromatic heterocycles. The van der Waals surface area contributed by atoms with Gasteiger partial charge in [0.25, 0.3) is 0 Å². The SMILES string of the molecule is O=C(NCCC#Cc1cccc(F)c1F)OCC1c2ccccc2-c2ccccc21. The summed E-state index contributed by atoms with van der Waals surface area (Å²) < 4.78 is 32.1. The van der Waals surface area contributed by atoms with Gasteiger partial charge in [0.2, 0.25) is 0 Å². The predicted octanol–water partition coefficient (Wildman–Crippen LogP) is 5.25. The first-order chi connectivity index (χ1) is 14.6. The van der Waals surface area contributed by atoms with Crippen molar-refractivity contribution < 1.29 is 18.3 Å². The maximum absolute atomic E-state index is 13.5. The number of carbonyl (C=O) groups is 1. The fourth-order valence-corrected chi connectivity index (χ4v) is 3.63. The Balaban J connectivity index is 1.30. The highest BCUT2D eigenvalue weighted by atomic mass is 19.2. The highest BCUT2D eigenvalue weighted by molar-refractivity contribution is 5.79. The van der Waals surface area contributed by atoms with Crippen molar-refractivity contribution in [3.05, 3.63) is 95.1 Å². The molecule has 4 rings (SSSR count). The summed E-state index contributed by atoms with van der Waals surface area (Å²) in [6, 6.07) is 20.1. The molecule has 0 spiro atoms. The molecule has 0 atom stereocenters. The van der Waals surface area contributed by atoms with Crippen molar-refractivity contribution in [1.82, 2.24) is 5.32 Å². The van der Waals surface area contributed by atoms with Crippen LogP contribution in [-0.2, 0) is 4.74 Å². The van der Waals surface area contributed by atoms with E-state index in [2.05, 4.69) is 41.4 Å². The monoisotopic (exact) mass is 403 g/mol. The van der Waals surface area contributed by atoms with Crippen LogP contribution in [0.4, 0.5) is 13.6 Å². The van der Waals surface area contributed by atoms with E-state index >= 15 is 0 Å². The van der Waals surface area contributed by atoms with Crippen LogP contribution in [0.15, 0.2) is 66.7 Å². The minimum absolute atomic E-state index is 0.00102. The van der Waals surface area contributed by atoms with E-state index < -0.39 is 17.7 Å². The summed E-state index contributed by atoms with van der Waals surface area (Å²) >= 11 is 0. The molecule has 0 saturated heterocycles. The minimum Gasteiger partial charge on any atom is -0.449 e. The van der Waals surface area contributed by atoms with E-state index in [1.807, 2.05) is 24.3 Å². The van der Waals surface area contributed by atoms with Crippen molar-refractivity contribution in [1.29, 1.82) is 0 Å². The summed E-state index contributed by atoms with van der Waals surface area (Å²) in [5.74, 6) is 3.39. The minimum atomic E-state index is -0.963. The summed E-state index contributed by atoms with van der Waals surface area (Å²) in [4.78, 5) is 12.1. The number of benzene rings is 3. The van der Waals surface area contributed by atoms with E-state index in [0.29, 0.717) is 6.42 Å². The fourth-order valence-electron chi connectivity index (χ4n) is 3.63. The second-order valence-electron chi connectivity index (χ2n) is 6.91. The quantitative estimate of drug-likeness (QED) is 0.478. The zero-order chi connectivity index (χ0) is 20.9. The lowest BCUT2D eigenvalue weighted by molar-refractivity contribution is 0.143. The van der Waals surface area contributed by atoms with Gasteiger partial charge >= 0.3 is 6.09 Å². The average molecular weight is 403 g/mol. The summed E-state index contributed by atoms with van der Waals surface area (Å²) in [6.45, 7) is 0.487. The lowest BCUT2D eigenvalue weighted by Crippen LogP contribution is -2.26. The van der Waals surface area contributed by atoms with Gasteiger partial charge in [-0.1, -0.05) is 66.4 Å². The Bertz CT molecular complexity index is 1100. The van der Waals surface area contributed by atoms with E-state index in [1.165, 1.54) is 23.3 Å². The summed E-state index contributed by atoms with van der Waals surface area (Å²) in [6.07, 6.45) is -0.240. The van der Waals surface area contributed by atoms with E-state index in [9.17, 15) is 13.6 Å². The number of carbonyl (C=O) groups excluding carboxylic acids is 1. The number of halogens is 2. The van der Waals surface area contributed by atoms with E-state index in [-0.39, 0.29) is 24.6 Å². The molecule has 1 N–H and O–H groups in total. The Hall–Kier alpha value is -3.65. The second kappa shape index (κ2) is 8.79. The molecule has 0 heterocycles. The topological polar surface area (TPSA) is 38.3 Å². The van der Waals surface area contributed by atoms with E-state index in [1.54, 1.807) is 0 Å². The standard InChI is InChI=1S/C25H19F2NO2/c26-23-14-7-9-17(24(23)27)8-5-6-15-28-25(29)30-16-22-20-12-3-1-10-18(20)19-11-2-4-13-21(19)22/h1-4,7,9-14,22H,6,15-16H2,(H,28,29). The number of ether oxygens (including phenoxy) is 1. The molecular formula is C25H19F2NO2. The highest BCUT2D eigenvalue weighted by Crippen LogP contribution is 2.44. The number of fused-ring (bicyclic) bond motifs is 3. The summed E-state index contributed by atoms with van der Waals surface area (Å²) in [7, 11) is 0. The predicted molar refractivity (Wildman–Crippen MR) is 111 cm³/mol. The smallest absolute Gasteiger partial charge is 0.407 e. The maximum Gasteiger partial charge on any atom is 0.407 e. The molecule has 3 nitrogen and oxygen atoms in total. The van der Waals surface area contributed by atoms with Crippen LogP contribution in [0, 0.1) is 23.5 Å². The Labute approximate surface area is 173 Å². The zero-order valence-corrected chi connectivity index (χ0v) is 16.1. The molecule has 1 aliphatic carbocycles. The molecule has 0 saturated carbocycles. The molecule has 30 heavy (non-hydrogen) atoms. The van der Waals surface area contributed by atoms with Crippen LogP contribution >= 0.6 is 0 Å². The maximum atomic E-state index is 13.5. The lowest BCUT2D eigenvalue weighted by atomic mass is 9.98. The van der Waals surface area contributed by atoms with Gasteiger partial charge in [0, 0.05) is 18.9 Å². The van der Waals surface area contributed by atoms with Gasteiger partial charge in [-0.15, -0.1) is 0 Å². The molecule has 3 aromatic rings. The van der Waals surface area contributed by atoms with E-state index in [4.69, 9.17) is 4.74 Å². The van der Waals surface area contributed by atoms with Gasteiger partial charge in [-0.25, -0.2) is 13.6 Å².